The van der Waals surface area contributed by atoms with Crippen molar-refractivity contribution in [2.24, 2.45) is 11.3 Å². The smallest absolute Gasteiger partial charge is 0.322 e. The van der Waals surface area contributed by atoms with Crippen molar-refractivity contribution in [1.29, 1.82) is 0 Å². The second kappa shape index (κ2) is 5.22. The zero-order valence-electron chi connectivity index (χ0n) is 11.7. The van der Waals surface area contributed by atoms with Crippen LogP contribution in [0.1, 0.15) is 13.3 Å². The van der Waals surface area contributed by atoms with Crippen molar-refractivity contribution >= 4 is 22.6 Å². The lowest BCUT2D eigenvalue weighted by atomic mass is 9.69. The first-order chi connectivity index (χ1) is 10.0. The van der Waals surface area contributed by atoms with Crippen LogP contribution in [-0.4, -0.2) is 27.8 Å². The van der Waals surface area contributed by atoms with Gasteiger partial charge in [-0.15, -0.1) is 0 Å². The number of ether oxygens (including phenoxy) is 1. The Kier molecular flexibility index (Phi) is 3.53. The first-order valence-corrected chi connectivity index (χ1v) is 8.07. The summed E-state index contributed by atoms with van der Waals surface area (Å²) in [6, 6.07) is 8.86. The van der Waals surface area contributed by atoms with Gasteiger partial charge in [-0.3, -0.25) is 13.8 Å². The summed E-state index contributed by atoms with van der Waals surface area (Å²) < 4.78 is 18.0. The number of ketones is 1. The number of hydrogen-bond acceptors (Lipinski definition) is 4. The highest BCUT2D eigenvalue weighted by Crippen LogP contribution is 2.43. The maximum Gasteiger partial charge on any atom is 0.322 e. The average molecular weight is 304 g/mol. The van der Waals surface area contributed by atoms with E-state index in [0.717, 1.165) is 0 Å². The van der Waals surface area contributed by atoms with Crippen molar-refractivity contribution in [1.82, 2.24) is 0 Å². The van der Waals surface area contributed by atoms with Crippen LogP contribution >= 0.6 is 0 Å². The lowest BCUT2D eigenvalue weighted by molar-refractivity contribution is -0.156. The van der Waals surface area contributed by atoms with Crippen molar-refractivity contribution in [3.05, 3.63) is 42.5 Å². The van der Waals surface area contributed by atoms with E-state index in [1.165, 1.54) is 6.08 Å². The fraction of sp³-hybridized carbons (Fsp3) is 0.375. The zero-order valence-corrected chi connectivity index (χ0v) is 12.5. The minimum absolute atomic E-state index is 0.0257. The molecule has 0 unspecified atom stereocenters. The van der Waals surface area contributed by atoms with Gasteiger partial charge in [0.2, 0.25) is 0 Å². The fourth-order valence-electron chi connectivity index (χ4n) is 2.94. The van der Waals surface area contributed by atoms with Crippen LogP contribution in [0.25, 0.3) is 0 Å². The summed E-state index contributed by atoms with van der Waals surface area (Å²) >= 11 is 0. The Hall–Kier alpha value is -1.75. The van der Waals surface area contributed by atoms with Crippen LogP contribution in [0.5, 0.6) is 0 Å². The van der Waals surface area contributed by atoms with Gasteiger partial charge in [-0.05, 0) is 18.2 Å². The van der Waals surface area contributed by atoms with Gasteiger partial charge in [0.15, 0.2) is 5.78 Å². The molecule has 1 aromatic carbocycles. The highest BCUT2D eigenvalue weighted by atomic mass is 32.2. The predicted octanol–water partition coefficient (Wildman–Crippen LogP) is 1.87. The van der Waals surface area contributed by atoms with Crippen LogP contribution in [0.4, 0.5) is 0 Å². The third-order valence-electron chi connectivity index (χ3n) is 4.25. The number of carbonyl (C=O) groups excluding carboxylic acids is 2. The van der Waals surface area contributed by atoms with Gasteiger partial charge < -0.3 is 4.74 Å². The molecular weight excluding hydrogens is 288 g/mol. The molecule has 4 atom stereocenters. The standard InChI is InChI=1S/C16H16O4S/c1-16-8-7-11(17)9-13(16)14(15(18)20-10-16)21(19)12-5-3-2-4-6-12/h2-8,13-14H,9-10H2,1H3/t13-,14-,16+,21+/m1/s1. The number of carbonyl (C=O) groups is 2. The molecule has 0 aromatic heterocycles. The Labute approximate surface area is 125 Å². The van der Waals surface area contributed by atoms with Crippen LogP contribution in [0.3, 0.4) is 0 Å². The first kappa shape index (κ1) is 14.2. The second-order valence-corrected chi connectivity index (χ2v) is 7.33. The molecule has 1 heterocycles. The molecule has 1 aromatic rings. The molecule has 5 heteroatoms. The van der Waals surface area contributed by atoms with E-state index in [9.17, 15) is 13.8 Å². The maximum atomic E-state index is 12.8. The topological polar surface area (TPSA) is 60.4 Å². The summed E-state index contributed by atoms with van der Waals surface area (Å²) in [5, 5.41) is -0.792. The molecular formula is C16H16O4S. The molecule has 2 aliphatic rings. The largest absolute Gasteiger partial charge is 0.464 e. The minimum atomic E-state index is -1.52. The Morgan fingerprint density at radius 1 is 1.24 bits per heavy atom. The summed E-state index contributed by atoms with van der Waals surface area (Å²) in [5.74, 6) is -0.776. The Balaban J connectivity index is 1.99. The van der Waals surface area contributed by atoms with Crippen LogP contribution in [0.15, 0.2) is 47.4 Å². The van der Waals surface area contributed by atoms with E-state index >= 15 is 0 Å². The third-order valence-corrected chi connectivity index (χ3v) is 5.97. The number of hydrogen-bond donors (Lipinski definition) is 0. The summed E-state index contributed by atoms with van der Waals surface area (Å²) in [7, 11) is -1.52. The van der Waals surface area contributed by atoms with Crippen molar-refractivity contribution in [2.45, 2.75) is 23.5 Å². The number of esters is 1. The minimum Gasteiger partial charge on any atom is -0.464 e. The van der Waals surface area contributed by atoms with E-state index in [0.29, 0.717) is 4.90 Å². The monoisotopic (exact) mass is 304 g/mol. The molecule has 3 rings (SSSR count). The van der Waals surface area contributed by atoms with Crippen LogP contribution in [0, 0.1) is 11.3 Å². The normalized spacial score (nSPS) is 33.2. The third kappa shape index (κ3) is 2.46. The molecule has 4 nitrogen and oxygen atoms in total. The summed E-state index contributed by atoms with van der Waals surface area (Å²) in [5.41, 5.74) is -0.420. The fourth-order valence-corrected chi connectivity index (χ4v) is 4.61. The van der Waals surface area contributed by atoms with E-state index in [1.807, 2.05) is 13.0 Å². The van der Waals surface area contributed by atoms with Crippen molar-refractivity contribution in [3.63, 3.8) is 0 Å². The van der Waals surface area contributed by atoms with Crippen LogP contribution in [-0.2, 0) is 25.1 Å². The van der Waals surface area contributed by atoms with Gasteiger partial charge in [0.1, 0.15) is 11.9 Å². The number of allylic oxidation sites excluding steroid dienone is 1. The van der Waals surface area contributed by atoms with E-state index in [2.05, 4.69) is 0 Å². The molecule has 0 spiro atoms. The van der Waals surface area contributed by atoms with Crippen molar-refractivity contribution in [2.75, 3.05) is 6.61 Å². The van der Waals surface area contributed by atoms with Gasteiger partial charge in [-0.25, -0.2) is 0 Å². The van der Waals surface area contributed by atoms with E-state index in [-0.39, 0.29) is 24.7 Å². The number of cyclic esters (lactones) is 1. The molecule has 1 aliphatic heterocycles. The van der Waals surface area contributed by atoms with Crippen LogP contribution < -0.4 is 0 Å². The van der Waals surface area contributed by atoms with Gasteiger partial charge in [0.05, 0.1) is 10.8 Å². The Morgan fingerprint density at radius 3 is 2.67 bits per heavy atom. The van der Waals surface area contributed by atoms with Crippen LogP contribution in [0.2, 0.25) is 0 Å². The molecule has 21 heavy (non-hydrogen) atoms. The molecule has 1 fully saturated rings. The highest BCUT2D eigenvalue weighted by Gasteiger charge is 2.51. The van der Waals surface area contributed by atoms with Crippen molar-refractivity contribution in [3.8, 4) is 0 Å². The SMILES string of the molecule is C[C@@]12C=CC(=O)C[C@@H]1[C@@H]([S@@](=O)c1ccccc1)C(=O)OC2. The summed E-state index contributed by atoms with van der Waals surface area (Å²) in [6.45, 7) is 2.19. The lowest BCUT2D eigenvalue weighted by Crippen LogP contribution is -2.52. The highest BCUT2D eigenvalue weighted by molar-refractivity contribution is 7.86. The lowest BCUT2D eigenvalue weighted by Gasteiger charge is -2.43. The first-order valence-electron chi connectivity index (χ1n) is 6.85. The molecule has 0 saturated carbocycles. The number of rotatable bonds is 2. The van der Waals surface area contributed by atoms with Gasteiger partial charge in [-0.2, -0.15) is 0 Å². The van der Waals surface area contributed by atoms with Gasteiger partial charge >= 0.3 is 5.97 Å². The molecule has 0 radical (unpaired) electrons. The van der Waals surface area contributed by atoms with Gasteiger partial charge in [-0.1, -0.05) is 31.2 Å². The molecule has 0 N–H and O–H groups in total. The second-order valence-electron chi connectivity index (χ2n) is 5.75. The Morgan fingerprint density at radius 2 is 1.95 bits per heavy atom. The maximum absolute atomic E-state index is 12.8. The summed E-state index contributed by atoms with van der Waals surface area (Å²) in [6.07, 6.45) is 3.58. The number of fused-ring (bicyclic) bond motifs is 1. The predicted molar refractivity (Wildman–Crippen MR) is 78.0 cm³/mol. The zero-order chi connectivity index (χ0) is 15.0. The van der Waals surface area contributed by atoms with Crippen molar-refractivity contribution < 1.29 is 18.5 Å². The van der Waals surface area contributed by atoms with Gasteiger partial charge in [0, 0.05) is 22.6 Å². The number of benzene rings is 1. The summed E-state index contributed by atoms with van der Waals surface area (Å²) in [4.78, 5) is 24.5. The quantitative estimate of drug-likeness (QED) is 0.783. The van der Waals surface area contributed by atoms with E-state index in [1.54, 1.807) is 30.3 Å². The molecule has 0 amide bonds. The van der Waals surface area contributed by atoms with Gasteiger partial charge in [0.25, 0.3) is 0 Å². The molecule has 0 bridgehead atoms. The van der Waals surface area contributed by atoms with E-state index < -0.39 is 27.4 Å². The molecule has 110 valence electrons. The van der Waals surface area contributed by atoms with E-state index in [4.69, 9.17) is 4.74 Å². The molecule has 1 aliphatic carbocycles. The molecule has 1 saturated heterocycles. The average Bonchev–Trinajstić information content (AvgIpc) is 2.49. The Bertz CT molecular complexity index is 637.